The fourth-order valence-electron chi connectivity index (χ4n) is 1.86. The van der Waals surface area contributed by atoms with Crippen LogP contribution >= 0.6 is 0 Å². The van der Waals surface area contributed by atoms with Crippen LogP contribution in [0.15, 0.2) is 36.7 Å². The standard InChI is InChI=1S/C15H17FN2O/c1-10-5-12(8-18-7-10)9-19-15-4-3-13(16)6-14(15)11(2)17/h3-8,11H,9,17H2,1-2H3. The number of hydrogen-bond acceptors (Lipinski definition) is 3. The van der Waals surface area contributed by atoms with Crippen molar-refractivity contribution in [3.63, 3.8) is 0 Å². The van der Waals surface area contributed by atoms with Gasteiger partial charge in [-0.1, -0.05) is 0 Å². The fourth-order valence-corrected chi connectivity index (χ4v) is 1.86. The average molecular weight is 260 g/mol. The fraction of sp³-hybridized carbons (Fsp3) is 0.267. The Morgan fingerprint density at radius 2 is 2.11 bits per heavy atom. The van der Waals surface area contributed by atoms with E-state index in [1.54, 1.807) is 25.4 Å². The molecule has 3 nitrogen and oxygen atoms in total. The van der Waals surface area contributed by atoms with Gasteiger partial charge in [0.1, 0.15) is 18.2 Å². The third-order valence-corrected chi connectivity index (χ3v) is 2.79. The topological polar surface area (TPSA) is 48.1 Å². The molecule has 0 saturated heterocycles. The minimum atomic E-state index is -0.308. The summed E-state index contributed by atoms with van der Waals surface area (Å²) in [5.74, 6) is 0.301. The van der Waals surface area contributed by atoms with E-state index in [9.17, 15) is 4.39 Å². The Kier molecular flexibility index (Phi) is 4.12. The number of aromatic nitrogens is 1. The van der Waals surface area contributed by atoms with Crippen LogP contribution in [0.25, 0.3) is 0 Å². The predicted molar refractivity (Wildman–Crippen MR) is 72.3 cm³/mol. The summed E-state index contributed by atoms with van der Waals surface area (Å²) in [4.78, 5) is 4.10. The summed E-state index contributed by atoms with van der Waals surface area (Å²) in [6.07, 6.45) is 3.54. The molecule has 2 aromatic rings. The summed E-state index contributed by atoms with van der Waals surface area (Å²) in [5, 5.41) is 0. The van der Waals surface area contributed by atoms with E-state index < -0.39 is 0 Å². The van der Waals surface area contributed by atoms with E-state index >= 15 is 0 Å². The van der Waals surface area contributed by atoms with Gasteiger partial charge in [0.15, 0.2) is 0 Å². The number of pyridine rings is 1. The quantitative estimate of drug-likeness (QED) is 0.918. The molecule has 0 aliphatic rings. The van der Waals surface area contributed by atoms with E-state index in [0.717, 1.165) is 11.1 Å². The highest BCUT2D eigenvalue weighted by Crippen LogP contribution is 2.25. The summed E-state index contributed by atoms with van der Waals surface area (Å²) in [7, 11) is 0. The molecule has 0 radical (unpaired) electrons. The van der Waals surface area contributed by atoms with Gasteiger partial charge in [0.05, 0.1) is 0 Å². The third-order valence-electron chi connectivity index (χ3n) is 2.79. The Hall–Kier alpha value is -1.94. The lowest BCUT2D eigenvalue weighted by molar-refractivity contribution is 0.300. The van der Waals surface area contributed by atoms with Crippen LogP contribution in [0.1, 0.15) is 29.7 Å². The molecule has 0 aliphatic carbocycles. The van der Waals surface area contributed by atoms with Crippen LogP contribution < -0.4 is 10.5 Å². The largest absolute Gasteiger partial charge is 0.489 e. The summed E-state index contributed by atoms with van der Waals surface area (Å²) in [6.45, 7) is 4.16. The maximum atomic E-state index is 13.2. The van der Waals surface area contributed by atoms with Crippen LogP contribution in [0, 0.1) is 12.7 Å². The van der Waals surface area contributed by atoms with Crippen LogP contribution in [0.5, 0.6) is 5.75 Å². The van der Waals surface area contributed by atoms with Gasteiger partial charge in [-0.15, -0.1) is 0 Å². The first-order valence-electron chi connectivity index (χ1n) is 6.14. The second-order valence-corrected chi connectivity index (χ2v) is 4.63. The number of rotatable bonds is 4. The Morgan fingerprint density at radius 1 is 1.32 bits per heavy atom. The van der Waals surface area contributed by atoms with Crippen molar-refractivity contribution in [1.82, 2.24) is 4.98 Å². The molecule has 0 spiro atoms. The number of nitrogens with zero attached hydrogens (tertiary/aromatic N) is 1. The van der Waals surface area contributed by atoms with Crippen LogP contribution in [0.2, 0.25) is 0 Å². The van der Waals surface area contributed by atoms with Crippen LogP contribution in [-0.4, -0.2) is 4.98 Å². The van der Waals surface area contributed by atoms with E-state index in [2.05, 4.69) is 4.98 Å². The molecule has 1 unspecified atom stereocenters. The first-order valence-corrected chi connectivity index (χ1v) is 6.14. The minimum absolute atomic E-state index is 0.277. The summed E-state index contributed by atoms with van der Waals surface area (Å²) in [6, 6.07) is 6.12. The average Bonchev–Trinajstić information content (AvgIpc) is 2.37. The van der Waals surface area contributed by atoms with Crippen molar-refractivity contribution in [3.8, 4) is 5.75 Å². The molecule has 0 aliphatic heterocycles. The van der Waals surface area contributed by atoms with Gasteiger partial charge in [-0.3, -0.25) is 4.98 Å². The summed E-state index contributed by atoms with van der Waals surface area (Å²) >= 11 is 0. The lowest BCUT2D eigenvalue weighted by Gasteiger charge is -2.14. The molecule has 0 amide bonds. The number of nitrogens with two attached hydrogens (primary N) is 1. The van der Waals surface area contributed by atoms with Crippen molar-refractivity contribution in [2.75, 3.05) is 0 Å². The highest BCUT2D eigenvalue weighted by molar-refractivity contribution is 5.36. The van der Waals surface area contributed by atoms with E-state index in [4.69, 9.17) is 10.5 Å². The van der Waals surface area contributed by atoms with Gasteiger partial charge >= 0.3 is 0 Å². The molecule has 100 valence electrons. The van der Waals surface area contributed by atoms with E-state index in [1.165, 1.54) is 12.1 Å². The normalized spacial score (nSPS) is 12.2. The number of aryl methyl sites for hydroxylation is 1. The SMILES string of the molecule is Cc1cncc(COc2ccc(F)cc2C(C)N)c1. The highest BCUT2D eigenvalue weighted by atomic mass is 19.1. The minimum Gasteiger partial charge on any atom is -0.489 e. The molecule has 1 aromatic carbocycles. The van der Waals surface area contributed by atoms with Gasteiger partial charge in [-0.2, -0.15) is 0 Å². The molecule has 1 aromatic heterocycles. The first kappa shape index (κ1) is 13.5. The molecule has 0 fully saturated rings. The van der Waals surface area contributed by atoms with Gasteiger partial charge in [-0.05, 0) is 43.7 Å². The maximum Gasteiger partial charge on any atom is 0.124 e. The Balaban J connectivity index is 2.15. The van der Waals surface area contributed by atoms with Crippen molar-refractivity contribution >= 4 is 0 Å². The molecule has 2 rings (SSSR count). The van der Waals surface area contributed by atoms with Crippen LogP contribution in [-0.2, 0) is 6.61 Å². The number of hydrogen-bond donors (Lipinski definition) is 1. The van der Waals surface area contributed by atoms with Gasteiger partial charge in [0, 0.05) is 29.6 Å². The second kappa shape index (κ2) is 5.80. The van der Waals surface area contributed by atoms with Crippen molar-refractivity contribution in [2.45, 2.75) is 26.5 Å². The molecule has 19 heavy (non-hydrogen) atoms. The van der Waals surface area contributed by atoms with Gasteiger partial charge < -0.3 is 10.5 Å². The van der Waals surface area contributed by atoms with E-state index in [1.807, 2.05) is 13.0 Å². The zero-order valence-electron chi connectivity index (χ0n) is 11.1. The lowest BCUT2D eigenvalue weighted by Crippen LogP contribution is -2.08. The maximum absolute atomic E-state index is 13.2. The first-order chi connectivity index (χ1) is 9.06. The molecule has 1 heterocycles. The highest BCUT2D eigenvalue weighted by Gasteiger charge is 2.09. The molecule has 1 atom stereocenters. The summed E-state index contributed by atoms with van der Waals surface area (Å²) < 4.78 is 18.9. The monoisotopic (exact) mass is 260 g/mol. The third kappa shape index (κ3) is 3.51. The number of ether oxygens (including phenoxy) is 1. The molecule has 0 saturated carbocycles. The predicted octanol–water partition coefficient (Wildman–Crippen LogP) is 3.13. The Morgan fingerprint density at radius 3 is 2.79 bits per heavy atom. The molecule has 4 heteroatoms. The zero-order valence-corrected chi connectivity index (χ0v) is 11.1. The molecular weight excluding hydrogens is 243 g/mol. The lowest BCUT2D eigenvalue weighted by atomic mass is 10.1. The molecule has 2 N–H and O–H groups in total. The van der Waals surface area contributed by atoms with Gasteiger partial charge in [0.2, 0.25) is 0 Å². The summed E-state index contributed by atoms with van der Waals surface area (Å²) in [5.41, 5.74) is 8.53. The number of benzene rings is 1. The van der Waals surface area contributed by atoms with Gasteiger partial charge in [0.25, 0.3) is 0 Å². The van der Waals surface area contributed by atoms with Crippen LogP contribution in [0.4, 0.5) is 4.39 Å². The Bertz CT molecular complexity index is 570. The Labute approximate surface area is 112 Å². The molecular formula is C15H17FN2O. The van der Waals surface area contributed by atoms with Crippen molar-refractivity contribution in [3.05, 3.63) is 59.2 Å². The second-order valence-electron chi connectivity index (χ2n) is 4.63. The van der Waals surface area contributed by atoms with Crippen molar-refractivity contribution < 1.29 is 9.13 Å². The van der Waals surface area contributed by atoms with Crippen LogP contribution in [0.3, 0.4) is 0 Å². The number of halogens is 1. The smallest absolute Gasteiger partial charge is 0.124 e. The zero-order chi connectivity index (χ0) is 13.8. The van der Waals surface area contributed by atoms with E-state index in [0.29, 0.717) is 17.9 Å². The van der Waals surface area contributed by atoms with Gasteiger partial charge in [-0.25, -0.2) is 4.39 Å². The van der Waals surface area contributed by atoms with Crippen molar-refractivity contribution in [1.29, 1.82) is 0 Å². The molecule has 0 bridgehead atoms. The van der Waals surface area contributed by atoms with Crippen molar-refractivity contribution in [2.24, 2.45) is 5.73 Å². The van der Waals surface area contributed by atoms with E-state index in [-0.39, 0.29) is 11.9 Å².